The van der Waals surface area contributed by atoms with Gasteiger partial charge in [-0.25, -0.2) is 0 Å². The van der Waals surface area contributed by atoms with E-state index in [0.717, 1.165) is 14.9 Å². The molecular weight excluding hydrogens is 709 g/mol. The largest absolute Gasteiger partial charge is 0.457 e. The topological polar surface area (TPSA) is 100 Å². The maximum Gasteiger partial charge on any atom is 0.272 e. The third-order valence-electron chi connectivity index (χ3n) is 6.55. The van der Waals surface area contributed by atoms with Crippen molar-refractivity contribution in [3.05, 3.63) is 141 Å². The Hall–Kier alpha value is -4.28. The van der Waals surface area contributed by atoms with Gasteiger partial charge in [-0.2, -0.15) is 0 Å². The van der Waals surface area contributed by atoms with Crippen LogP contribution < -0.4 is 16.0 Å². The number of hydrogen-bond donors (Lipinski definition) is 3. The van der Waals surface area contributed by atoms with Crippen LogP contribution in [0.5, 0.6) is 0 Å². The third-order valence-corrected chi connectivity index (χ3v) is 8.74. The van der Waals surface area contributed by atoms with Crippen molar-refractivity contribution < 1.29 is 18.8 Å². The highest BCUT2D eigenvalue weighted by Crippen LogP contribution is 2.29. The lowest BCUT2D eigenvalue weighted by atomic mass is 10.2. The minimum Gasteiger partial charge on any atom is -0.457 e. The summed E-state index contributed by atoms with van der Waals surface area (Å²) in [6.45, 7) is 1.78. The van der Waals surface area contributed by atoms with Crippen molar-refractivity contribution in [1.29, 1.82) is 0 Å². The number of halogens is 3. The van der Waals surface area contributed by atoms with Gasteiger partial charge in [0, 0.05) is 37.3 Å². The number of furan rings is 1. The molecule has 5 rings (SSSR count). The predicted octanol–water partition coefficient (Wildman–Crippen LogP) is 9.54. The first-order valence-corrected chi connectivity index (χ1v) is 16.4. The SMILES string of the molecule is C[C@H](Sc1ccc(NC(=O)/C(=C/c2ccc(-c3ccc(Br)cc3)o2)NC(=O)c2ccccc2)cc1)C(=O)Nc1ccc(Cl)cc1Cl. The lowest BCUT2D eigenvalue weighted by Gasteiger charge is -2.14. The Kier molecular flexibility index (Phi) is 11.0. The van der Waals surface area contributed by atoms with E-state index in [0.29, 0.717) is 38.5 Å². The van der Waals surface area contributed by atoms with Gasteiger partial charge in [-0.05, 0) is 85.8 Å². The molecule has 4 aromatic carbocycles. The van der Waals surface area contributed by atoms with Crippen molar-refractivity contribution in [1.82, 2.24) is 5.32 Å². The van der Waals surface area contributed by atoms with E-state index in [4.69, 9.17) is 27.6 Å². The summed E-state index contributed by atoms with van der Waals surface area (Å²) in [7, 11) is 0. The fraction of sp³-hybridized carbons (Fsp3) is 0.0571. The van der Waals surface area contributed by atoms with Crippen LogP contribution in [0, 0.1) is 0 Å². The predicted molar refractivity (Wildman–Crippen MR) is 189 cm³/mol. The van der Waals surface area contributed by atoms with Crippen LogP contribution in [0.3, 0.4) is 0 Å². The molecule has 3 amide bonds. The van der Waals surface area contributed by atoms with Gasteiger partial charge in [-0.3, -0.25) is 14.4 Å². The summed E-state index contributed by atoms with van der Waals surface area (Å²) in [6, 6.07) is 31.6. The van der Waals surface area contributed by atoms with Crippen LogP contribution in [0.4, 0.5) is 11.4 Å². The molecular formula is C35H26BrCl2N3O4S. The summed E-state index contributed by atoms with van der Waals surface area (Å²) in [4.78, 5) is 40.0. The minimum absolute atomic E-state index is 0.00448. The van der Waals surface area contributed by atoms with Crippen LogP contribution in [-0.4, -0.2) is 23.0 Å². The van der Waals surface area contributed by atoms with E-state index in [-0.39, 0.29) is 11.6 Å². The first-order valence-electron chi connectivity index (χ1n) is 13.9. The second-order valence-electron chi connectivity index (χ2n) is 9.94. The number of carbonyl (C=O) groups is 3. The smallest absolute Gasteiger partial charge is 0.272 e. The lowest BCUT2D eigenvalue weighted by molar-refractivity contribution is -0.115. The summed E-state index contributed by atoms with van der Waals surface area (Å²) in [5, 5.41) is 8.74. The third kappa shape index (κ3) is 8.92. The van der Waals surface area contributed by atoms with Crippen LogP contribution in [0.25, 0.3) is 17.4 Å². The molecule has 46 heavy (non-hydrogen) atoms. The Morgan fingerprint density at radius 1 is 0.848 bits per heavy atom. The van der Waals surface area contributed by atoms with Gasteiger partial charge in [0.1, 0.15) is 17.2 Å². The van der Waals surface area contributed by atoms with Crippen LogP contribution >= 0.6 is 50.9 Å². The maximum absolute atomic E-state index is 13.5. The highest BCUT2D eigenvalue weighted by atomic mass is 79.9. The molecule has 1 atom stereocenters. The van der Waals surface area contributed by atoms with Gasteiger partial charge in [0.05, 0.1) is 16.0 Å². The Labute approximate surface area is 288 Å². The quantitative estimate of drug-likeness (QED) is 0.0981. The fourth-order valence-electron chi connectivity index (χ4n) is 4.18. The molecule has 0 radical (unpaired) electrons. The molecule has 0 unspecified atom stereocenters. The number of hydrogen-bond acceptors (Lipinski definition) is 5. The Morgan fingerprint density at radius 2 is 1.57 bits per heavy atom. The van der Waals surface area contributed by atoms with Gasteiger partial charge in [0.2, 0.25) is 5.91 Å². The number of amides is 3. The molecule has 0 saturated heterocycles. The van der Waals surface area contributed by atoms with E-state index in [1.807, 2.05) is 24.3 Å². The second-order valence-corrected chi connectivity index (χ2v) is 13.1. The van der Waals surface area contributed by atoms with E-state index in [1.54, 1.807) is 91.9 Å². The van der Waals surface area contributed by atoms with Gasteiger partial charge < -0.3 is 20.4 Å². The fourth-order valence-corrected chi connectivity index (χ4v) is 5.77. The molecule has 3 N–H and O–H groups in total. The normalized spacial score (nSPS) is 11.9. The number of thioether (sulfide) groups is 1. The molecule has 232 valence electrons. The monoisotopic (exact) mass is 733 g/mol. The molecule has 0 saturated carbocycles. The second kappa shape index (κ2) is 15.3. The number of anilines is 2. The lowest BCUT2D eigenvalue weighted by Crippen LogP contribution is -2.30. The zero-order valence-electron chi connectivity index (χ0n) is 24.2. The van der Waals surface area contributed by atoms with Crippen LogP contribution in [0.1, 0.15) is 23.0 Å². The Morgan fingerprint density at radius 3 is 2.26 bits per heavy atom. The number of nitrogens with one attached hydrogen (secondary N) is 3. The van der Waals surface area contributed by atoms with Crippen molar-refractivity contribution in [3.63, 3.8) is 0 Å². The van der Waals surface area contributed by atoms with Crippen molar-refractivity contribution in [3.8, 4) is 11.3 Å². The van der Waals surface area contributed by atoms with Crippen LogP contribution in [0.2, 0.25) is 10.0 Å². The van der Waals surface area contributed by atoms with E-state index < -0.39 is 17.1 Å². The molecule has 1 heterocycles. The number of rotatable bonds is 10. The van der Waals surface area contributed by atoms with E-state index >= 15 is 0 Å². The molecule has 7 nitrogen and oxygen atoms in total. The maximum atomic E-state index is 13.5. The van der Waals surface area contributed by atoms with Crippen LogP contribution in [-0.2, 0) is 9.59 Å². The number of carbonyl (C=O) groups excluding carboxylic acids is 3. The standard InChI is InChI=1S/C35H26BrCl2N3O4S/c1-21(33(42)40-30-17-11-25(37)19-29(30)38)46-28-15-12-26(13-16-28)39-35(44)31(41-34(43)23-5-3-2-4-6-23)20-27-14-18-32(45-27)22-7-9-24(36)10-8-22/h2-21H,1H3,(H,39,44)(H,40,42)(H,41,43)/b31-20-/t21-/m0/s1. The molecule has 5 aromatic rings. The highest BCUT2D eigenvalue weighted by molar-refractivity contribution is 9.10. The van der Waals surface area contributed by atoms with E-state index in [1.165, 1.54) is 17.8 Å². The highest BCUT2D eigenvalue weighted by Gasteiger charge is 2.18. The molecule has 0 aliphatic carbocycles. The molecule has 0 spiro atoms. The van der Waals surface area contributed by atoms with Crippen LogP contribution in [0.15, 0.2) is 129 Å². The first kappa shape index (κ1) is 33.1. The van der Waals surface area contributed by atoms with Crippen molar-refractivity contribution >= 4 is 86.1 Å². The summed E-state index contributed by atoms with van der Waals surface area (Å²) in [6.07, 6.45) is 1.48. The van der Waals surface area contributed by atoms with Gasteiger partial charge in [0.15, 0.2) is 0 Å². The zero-order chi connectivity index (χ0) is 32.6. The van der Waals surface area contributed by atoms with Gasteiger partial charge >= 0.3 is 0 Å². The molecule has 0 bridgehead atoms. The molecule has 0 fully saturated rings. The zero-order valence-corrected chi connectivity index (χ0v) is 28.1. The van der Waals surface area contributed by atoms with Crippen molar-refractivity contribution in [2.24, 2.45) is 0 Å². The minimum atomic E-state index is -0.543. The molecule has 11 heteroatoms. The first-order chi connectivity index (χ1) is 22.1. The van der Waals surface area contributed by atoms with Gasteiger partial charge in [-0.15, -0.1) is 11.8 Å². The molecule has 1 aromatic heterocycles. The van der Waals surface area contributed by atoms with E-state index in [9.17, 15) is 14.4 Å². The van der Waals surface area contributed by atoms with Crippen molar-refractivity contribution in [2.75, 3.05) is 10.6 Å². The summed E-state index contributed by atoms with van der Waals surface area (Å²) in [5.74, 6) is -0.216. The average molecular weight is 735 g/mol. The number of benzene rings is 4. The summed E-state index contributed by atoms with van der Waals surface area (Å²) < 4.78 is 6.92. The van der Waals surface area contributed by atoms with E-state index in [2.05, 4.69) is 31.9 Å². The molecule has 0 aliphatic rings. The Balaban J connectivity index is 1.28. The van der Waals surface area contributed by atoms with Gasteiger partial charge in [0.25, 0.3) is 11.8 Å². The summed E-state index contributed by atoms with van der Waals surface area (Å²) in [5.41, 5.74) is 2.23. The molecule has 0 aliphatic heterocycles. The van der Waals surface area contributed by atoms with Crippen molar-refractivity contribution in [2.45, 2.75) is 17.1 Å². The average Bonchev–Trinajstić information content (AvgIpc) is 3.52. The summed E-state index contributed by atoms with van der Waals surface area (Å²) >= 11 is 16.9. The van der Waals surface area contributed by atoms with Gasteiger partial charge in [-0.1, -0.05) is 69.5 Å². The Bertz CT molecular complexity index is 1900.